The average Bonchev–Trinajstić information content (AvgIpc) is 3.08. The zero-order chi connectivity index (χ0) is 19.9. The standard InChI is InChI=1S/C18H24N2O5S/c1-8-14(23-6)12(5)15(25-18(22)24-7)11(4)13-9-26-17(19-13)20-16(21)10(2)3/h8-10H,4H2,1-3,5-7H3,(H,19,20,21)/b14-8+,15-12+. The van der Waals surface area contributed by atoms with Crippen LogP contribution in [-0.2, 0) is 19.0 Å². The summed E-state index contributed by atoms with van der Waals surface area (Å²) in [6.07, 6.45) is 0.856. The van der Waals surface area contributed by atoms with Gasteiger partial charge in [0.15, 0.2) is 5.13 Å². The third-order valence-corrected chi connectivity index (χ3v) is 4.14. The van der Waals surface area contributed by atoms with E-state index >= 15 is 0 Å². The number of amides is 1. The van der Waals surface area contributed by atoms with Crippen molar-refractivity contribution in [3.05, 3.63) is 40.8 Å². The SMILES string of the molecule is C=C(/C(OC(=O)OC)=C(C)\C(=C/C)OC)c1csc(NC(=O)C(C)C)n1. The number of hydrogen-bond acceptors (Lipinski definition) is 7. The predicted octanol–water partition coefficient (Wildman–Crippen LogP) is 4.36. The van der Waals surface area contributed by atoms with Crippen molar-refractivity contribution in [1.29, 1.82) is 0 Å². The molecule has 0 bridgehead atoms. The number of anilines is 1. The summed E-state index contributed by atoms with van der Waals surface area (Å²) in [5.41, 5.74) is 1.40. The van der Waals surface area contributed by atoms with Gasteiger partial charge in [-0.2, -0.15) is 0 Å². The van der Waals surface area contributed by atoms with Crippen molar-refractivity contribution >= 4 is 34.1 Å². The molecule has 142 valence electrons. The van der Waals surface area contributed by atoms with Crippen LogP contribution in [0, 0.1) is 5.92 Å². The number of ether oxygens (including phenoxy) is 3. The Bertz CT molecular complexity index is 747. The van der Waals surface area contributed by atoms with Crippen LogP contribution in [0.3, 0.4) is 0 Å². The topological polar surface area (TPSA) is 86.8 Å². The summed E-state index contributed by atoms with van der Waals surface area (Å²) in [5.74, 6) is 0.405. The molecule has 0 aliphatic carbocycles. The number of hydrogen-bond donors (Lipinski definition) is 1. The number of nitrogens with zero attached hydrogens (tertiary/aromatic N) is 1. The molecule has 0 spiro atoms. The number of carbonyl (C=O) groups is 2. The molecule has 8 heteroatoms. The molecule has 1 amide bonds. The van der Waals surface area contributed by atoms with Gasteiger partial charge in [-0.05, 0) is 19.9 Å². The fraction of sp³-hybridized carbons (Fsp3) is 0.389. The van der Waals surface area contributed by atoms with Gasteiger partial charge in [-0.3, -0.25) is 4.79 Å². The number of allylic oxidation sites excluding steroid dienone is 3. The molecule has 0 aliphatic heterocycles. The Kier molecular flexibility index (Phi) is 8.05. The molecule has 1 heterocycles. The van der Waals surface area contributed by atoms with E-state index < -0.39 is 6.16 Å². The normalized spacial score (nSPS) is 12.3. The Balaban J connectivity index is 3.21. The first-order valence-corrected chi connectivity index (χ1v) is 8.76. The van der Waals surface area contributed by atoms with Crippen LogP contribution < -0.4 is 5.32 Å². The minimum Gasteiger partial charge on any atom is -0.497 e. The molecule has 0 radical (unpaired) electrons. The summed E-state index contributed by atoms with van der Waals surface area (Å²) in [6, 6.07) is 0. The molecule has 0 fully saturated rings. The Morgan fingerprint density at radius 3 is 2.46 bits per heavy atom. The lowest BCUT2D eigenvalue weighted by Gasteiger charge is -2.14. The second-order valence-corrected chi connectivity index (χ2v) is 6.39. The second kappa shape index (κ2) is 9.76. The molecule has 1 N–H and O–H groups in total. The number of nitrogens with one attached hydrogen (secondary N) is 1. The monoisotopic (exact) mass is 380 g/mol. The first kappa shape index (κ1) is 21.4. The lowest BCUT2D eigenvalue weighted by molar-refractivity contribution is -0.118. The van der Waals surface area contributed by atoms with Gasteiger partial charge in [-0.15, -0.1) is 11.3 Å². The molecule has 0 aliphatic rings. The maximum Gasteiger partial charge on any atom is 0.513 e. The summed E-state index contributed by atoms with van der Waals surface area (Å²) in [7, 11) is 2.73. The quantitative estimate of drug-likeness (QED) is 0.430. The Labute approximate surface area is 157 Å². The van der Waals surface area contributed by atoms with E-state index in [0.29, 0.717) is 27.7 Å². The molecule has 0 atom stereocenters. The van der Waals surface area contributed by atoms with Crippen molar-refractivity contribution < 1.29 is 23.8 Å². The number of aromatic nitrogens is 1. The van der Waals surface area contributed by atoms with Crippen molar-refractivity contribution in [2.24, 2.45) is 5.92 Å². The van der Waals surface area contributed by atoms with Crippen LogP contribution in [0.5, 0.6) is 0 Å². The van der Waals surface area contributed by atoms with E-state index in [1.54, 1.807) is 39.2 Å². The van der Waals surface area contributed by atoms with E-state index in [1.165, 1.54) is 25.6 Å². The van der Waals surface area contributed by atoms with Gasteiger partial charge in [0.25, 0.3) is 0 Å². The predicted molar refractivity (Wildman–Crippen MR) is 102 cm³/mol. The van der Waals surface area contributed by atoms with Gasteiger partial charge >= 0.3 is 6.16 Å². The van der Waals surface area contributed by atoms with Crippen LogP contribution >= 0.6 is 11.3 Å². The van der Waals surface area contributed by atoms with Crippen molar-refractivity contribution in [3.8, 4) is 0 Å². The zero-order valence-corrected chi connectivity index (χ0v) is 16.7. The number of rotatable bonds is 7. The summed E-state index contributed by atoms with van der Waals surface area (Å²) >= 11 is 1.25. The Morgan fingerprint density at radius 1 is 1.31 bits per heavy atom. The van der Waals surface area contributed by atoms with Gasteiger partial charge in [0.05, 0.1) is 19.9 Å². The van der Waals surface area contributed by atoms with E-state index in [2.05, 4.69) is 21.6 Å². The highest BCUT2D eigenvalue weighted by Crippen LogP contribution is 2.31. The third-order valence-electron chi connectivity index (χ3n) is 3.39. The molecule has 26 heavy (non-hydrogen) atoms. The van der Waals surface area contributed by atoms with Crippen LogP contribution in [0.15, 0.2) is 35.1 Å². The number of methoxy groups -OCH3 is 2. The number of carbonyl (C=O) groups excluding carboxylic acids is 2. The molecule has 1 aromatic rings. The molecular formula is C18H24N2O5S. The van der Waals surface area contributed by atoms with E-state index in [-0.39, 0.29) is 17.6 Å². The maximum absolute atomic E-state index is 11.8. The highest BCUT2D eigenvalue weighted by atomic mass is 32.1. The molecular weight excluding hydrogens is 356 g/mol. The van der Waals surface area contributed by atoms with Gasteiger partial charge in [0.1, 0.15) is 11.5 Å². The van der Waals surface area contributed by atoms with E-state index in [0.717, 1.165) is 0 Å². The average molecular weight is 380 g/mol. The smallest absolute Gasteiger partial charge is 0.497 e. The minimum absolute atomic E-state index is 0.134. The van der Waals surface area contributed by atoms with Crippen molar-refractivity contribution in [2.45, 2.75) is 27.7 Å². The first-order valence-electron chi connectivity index (χ1n) is 7.88. The van der Waals surface area contributed by atoms with E-state index in [1.807, 2.05) is 0 Å². The lowest BCUT2D eigenvalue weighted by atomic mass is 10.1. The van der Waals surface area contributed by atoms with Crippen LogP contribution in [-0.4, -0.2) is 31.3 Å². The highest BCUT2D eigenvalue weighted by molar-refractivity contribution is 7.14. The molecule has 0 saturated heterocycles. The van der Waals surface area contributed by atoms with Crippen LogP contribution in [0.2, 0.25) is 0 Å². The third kappa shape index (κ3) is 5.45. The highest BCUT2D eigenvalue weighted by Gasteiger charge is 2.20. The largest absolute Gasteiger partial charge is 0.513 e. The molecule has 0 unspecified atom stereocenters. The molecule has 7 nitrogen and oxygen atoms in total. The summed E-state index contributed by atoms with van der Waals surface area (Å²) in [4.78, 5) is 27.8. The van der Waals surface area contributed by atoms with Crippen LogP contribution in [0.4, 0.5) is 9.93 Å². The lowest BCUT2D eigenvalue weighted by Crippen LogP contribution is -2.17. The summed E-state index contributed by atoms with van der Waals surface area (Å²) < 4.78 is 15.1. The van der Waals surface area contributed by atoms with Crippen LogP contribution in [0.25, 0.3) is 5.57 Å². The maximum atomic E-state index is 11.8. The first-order chi connectivity index (χ1) is 12.2. The Hall–Kier alpha value is -2.61. The van der Waals surface area contributed by atoms with Gasteiger partial charge in [0.2, 0.25) is 5.91 Å². The van der Waals surface area contributed by atoms with Gasteiger partial charge in [-0.25, -0.2) is 9.78 Å². The van der Waals surface area contributed by atoms with E-state index in [9.17, 15) is 9.59 Å². The molecule has 0 saturated carbocycles. The van der Waals surface area contributed by atoms with E-state index in [4.69, 9.17) is 9.47 Å². The fourth-order valence-corrected chi connectivity index (χ4v) is 2.65. The number of thiazole rings is 1. The molecule has 1 aromatic heterocycles. The van der Waals surface area contributed by atoms with Gasteiger partial charge in [-0.1, -0.05) is 20.4 Å². The van der Waals surface area contributed by atoms with Crippen molar-refractivity contribution in [2.75, 3.05) is 19.5 Å². The van der Waals surface area contributed by atoms with Crippen molar-refractivity contribution in [1.82, 2.24) is 4.98 Å². The zero-order valence-electron chi connectivity index (χ0n) is 15.8. The van der Waals surface area contributed by atoms with Gasteiger partial charge in [0, 0.05) is 22.4 Å². The molecule has 1 rings (SSSR count). The fourth-order valence-electron chi connectivity index (χ4n) is 1.92. The summed E-state index contributed by atoms with van der Waals surface area (Å²) in [6.45, 7) is 11.1. The molecule has 0 aromatic carbocycles. The van der Waals surface area contributed by atoms with Gasteiger partial charge < -0.3 is 19.5 Å². The Morgan fingerprint density at radius 2 is 1.96 bits per heavy atom. The van der Waals surface area contributed by atoms with Crippen LogP contribution in [0.1, 0.15) is 33.4 Å². The summed E-state index contributed by atoms with van der Waals surface area (Å²) in [5, 5.41) is 4.88. The minimum atomic E-state index is -0.879. The second-order valence-electron chi connectivity index (χ2n) is 5.53. The van der Waals surface area contributed by atoms with Crippen molar-refractivity contribution in [3.63, 3.8) is 0 Å².